The standard InChI is InChI=1S/C18H23FN4O4/c1-11(2)10-23-15(20)14(16(24)21-18(23)26)22(8-9-27-3)17(25)12-4-6-13(19)7-5-12/h4-7,11H,8-10,20H2,1-3H3,(H,21,24,26). The number of nitrogens with zero attached hydrogens (tertiary/aromatic N) is 2. The third-order valence-electron chi connectivity index (χ3n) is 3.89. The van der Waals surface area contributed by atoms with E-state index < -0.39 is 23.0 Å². The van der Waals surface area contributed by atoms with Crippen LogP contribution in [0.15, 0.2) is 33.9 Å². The van der Waals surface area contributed by atoms with Gasteiger partial charge in [0, 0.05) is 25.8 Å². The number of hydrogen-bond donors (Lipinski definition) is 2. The number of nitrogens with one attached hydrogen (secondary N) is 1. The topological polar surface area (TPSA) is 110 Å². The van der Waals surface area contributed by atoms with Gasteiger partial charge in [0.25, 0.3) is 11.5 Å². The molecule has 9 heteroatoms. The van der Waals surface area contributed by atoms with Crippen LogP contribution in [0.1, 0.15) is 24.2 Å². The number of halogens is 1. The minimum Gasteiger partial charge on any atom is -0.383 e. The molecule has 0 atom stereocenters. The number of carbonyl (C=O) groups excluding carboxylic acids is 1. The number of benzene rings is 1. The third kappa shape index (κ3) is 4.62. The van der Waals surface area contributed by atoms with Crippen LogP contribution in [0.5, 0.6) is 0 Å². The first-order valence-corrected chi connectivity index (χ1v) is 8.45. The molecule has 8 nitrogen and oxygen atoms in total. The van der Waals surface area contributed by atoms with E-state index in [0.717, 1.165) is 17.0 Å². The van der Waals surface area contributed by atoms with Crippen molar-refractivity contribution in [3.63, 3.8) is 0 Å². The van der Waals surface area contributed by atoms with Gasteiger partial charge in [-0.05, 0) is 30.2 Å². The zero-order valence-electron chi connectivity index (χ0n) is 15.5. The van der Waals surface area contributed by atoms with E-state index in [1.165, 1.54) is 23.8 Å². The number of nitrogens with two attached hydrogens (primary N) is 1. The Morgan fingerprint density at radius 3 is 2.48 bits per heavy atom. The Bertz CT molecular complexity index is 918. The van der Waals surface area contributed by atoms with Gasteiger partial charge in [-0.15, -0.1) is 0 Å². The molecule has 1 amide bonds. The molecule has 0 saturated carbocycles. The van der Waals surface area contributed by atoms with Crippen LogP contribution in [0, 0.1) is 11.7 Å². The van der Waals surface area contributed by atoms with Crippen LogP contribution in [-0.4, -0.2) is 35.7 Å². The predicted molar refractivity (Wildman–Crippen MR) is 101 cm³/mol. The molecule has 1 aromatic heterocycles. The van der Waals surface area contributed by atoms with Gasteiger partial charge >= 0.3 is 5.69 Å². The van der Waals surface area contributed by atoms with Crippen LogP contribution < -0.4 is 21.9 Å². The number of nitrogen functional groups attached to an aromatic ring is 1. The summed E-state index contributed by atoms with van der Waals surface area (Å²) in [5, 5.41) is 0. The Kier molecular flexibility index (Phi) is 6.51. The van der Waals surface area contributed by atoms with Gasteiger partial charge in [0.15, 0.2) is 5.69 Å². The molecule has 0 aliphatic heterocycles. The summed E-state index contributed by atoms with van der Waals surface area (Å²) in [4.78, 5) is 40.9. The molecule has 0 aliphatic carbocycles. The number of carbonyl (C=O) groups is 1. The van der Waals surface area contributed by atoms with Gasteiger partial charge in [-0.3, -0.25) is 24.0 Å². The Morgan fingerprint density at radius 1 is 1.30 bits per heavy atom. The summed E-state index contributed by atoms with van der Waals surface area (Å²) >= 11 is 0. The van der Waals surface area contributed by atoms with Crippen molar-refractivity contribution in [2.75, 3.05) is 30.9 Å². The molecule has 0 bridgehead atoms. The summed E-state index contributed by atoms with van der Waals surface area (Å²) in [5.74, 6) is -1.06. The van der Waals surface area contributed by atoms with E-state index >= 15 is 0 Å². The molecule has 0 spiro atoms. The van der Waals surface area contributed by atoms with Crippen LogP contribution in [0.2, 0.25) is 0 Å². The van der Waals surface area contributed by atoms with Crippen molar-refractivity contribution < 1.29 is 13.9 Å². The molecule has 0 fully saturated rings. The lowest BCUT2D eigenvalue weighted by Crippen LogP contribution is -2.42. The Hall–Kier alpha value is -2.94. The van der Waals surface area contributed by atoms with E-state index in [2.05, 4.69) is 4.98 Å². The first-order valence-electron chi connectivity index (χ1n) is 8.45. The van der Waals surface area contributed by atoms with Crippen molar-refractivity contribution in [1.82, 2.24) is 9.55 Å². The second kappa shape index (κ2) is 8.63. The molecule has 1 heterocycles. The molecule has 2 aromatic rings. The number of ether oxygens (including phenoxy) is 1. The second-order valence-corrected chi connectivity index (χ2v) is 6.45. The molecule has 146 valence electrons. The largest absolute Gasteiger partial charge is 0.383 e. The number of H-pyrrole nitrogens is 1. The van der Waals surface area contributed by atoms with Gasteiger partial charge < -0.3 is 10.5 Å². The smallest absolute Gasteiger partial charge is 0.330 e. The Morgan fingerprint density at radius 2 is 1.93 bits per heavy atom. The van der Waals surface area contributed by atoms with Crippen LogP contribution >= 0.6 is 0 Å². The molecule has 1 aromatic carbocycles. The lowest BCUT2D eigenvalue weighted by molar-refractivity contribution is 0.0975. The highest BCUT2D eigenvalue weighted by Gasteiger charge is 2.25. The Balaban J connectivity index is 2.59. The number of aromatic amines is 1. The zero-order chi connectivity index (χ0) is 20.1. The predicted octanol–water partition coefficient (Wildman–Crippen LogP) is 1.21. The normalized spacial score (nSPS) is 11.0. The van der Waals surface area contributed by atoms with Gasteiger partial charge in [0.05, 0.1) is 6.61 Å². The van der Waals surface area contributed by atoms with Crippen molar-refractivity contribution in [1.29, 1.82) is 0 Å². The molecule has 2 rings (SSSR count). The molecule has 0 aliphatic rings. The fourth-order valence-corrected chi connectivity index (χ4v) is 2.63. The highest BCUT2D eigenvalue weighted by atomic mass is 19.1. The monoisotopic (exact) mass is 378 g/mol. The van der Waals surface area contributed by atoms with E-state index in [0.29, 0.717) is 0 Å². The van der Waals surface area contributed by atoms with Gasteiger partial charge in [-0.2, -0.15) is 0 Å². The number of anilines is 2. The minimum absolute atomic E-state index is 0.0277. The quantitative estimate of drug-likeness (QED) is 0.752. The van der Waals surface area contributed by atoms with Crippen molar-refractivity contribution in [3.05, 3.63) is 56.5 Å². The van der Waals surface area contributed by atoms with E-state index in [4.69, 9.17) is 10.5 Å². The van der Waals surface area contributed by atoms with E-state index in [9.17, 15) is 18.8 Å². The SMILES string of the molecule is COCCN(C(=O)c1ccc(F)cc1)c1c(N)n(CC(C)C)c(=O)[nH]c1=O. The number of hydrogen-bond acceptors (Lipinski definition) is 5. The van der Waals surface area contributed by atoms with Crippen molar-refractivity contribution >= 4 is 17.4 Å². The lowest BCUT2D eigenvalue weighted by Gasteiger charge is -2.24. The van der Waals surface area contributed by atoms with E-state index in [1.807, 2.05) is 13.8 Å². The first-order chi connectivity index (χ1) is 12.8. The van der Waals surface area contributed by atoms with Crippen LogP contribution in [0.3, 0.4) is 0 Å². The number of aromatic nitrogens is 2. The highest BCUT2D eigenvalue weighted by molar-refractivity contribution is 6.07. The highest BCUT2D eigenvalue weighted by Crippen LogP contribution is 2.20. The molecule has 0 radical (unpaired) electrons. The summed E-state index contributed by atoms with van der Waals surface area (Å²) in [6.07, 6.45) is 0. The minimum atomic E-state index is -0.774. The van der Waals surface area contributed by atoms with E-state index in [-0.39, 0.29) is 42.7 Å². The summed E-state index contributed by atoms with van der Waals surface area (Å²) in [7, 11) is 1.45. The number of amides is 1. The van der Waals surface area contributed by atoms with Crippen molar-refractivity contribution in [3.8, 4) is 0 Å². The molecule has 0 saturated heterocycles. The number of rotatable bonds is 7. The molecular weight excluding hydrogens is 355 g/mol. The summed E-state index contributed by atoms with van der Waals surface area (Å²) in [6, 6.07) is 4.92. The average Bonchev–Trinajstić information content (AvgIpc) is 2.61. The lowest BCUT2D eigenvalue weighted by atomic mass is 10.2. The first kappa shape index (κ1) is 20.4. The number of methoxy groups -OCH3 is 1. The zero-order valence-corrected chi connectivity index (χ0v) is 15.5. The van der Waals surface area contributed by atoms with Gasteiger partial charge in [0.1, 0.15) is 11.6 Å². The van der Waals surface area contributed by atoms with Crippen molar-refractivity contribution in [2.45, 2.75) is 20.4 Å². The van der Waals surface area contributed by atoms with Crippen molar-refractivity contribution in [2.24, 2.45) is 5.92 Å². The maximum absolute atomic E-state index is 13.2. The molecular formula is C18H23FN4O4. The third-order valence-corrected chi connectivity index (χ3v) is 3.89. The summed E-state index contributed by atoms with van der Waals surface area (Å²) in [5.41, 5.74) is 4.71. The Labute approximate surface area is 155 Å². The van der Waals surface area contributed by atoms with Crippen LogP contribution in [0.25, 0.3) is 0 Å². The van der Waals surface area contributed by atoms with Gasteiger partial charge in [0.2, 0.25) is 0 Å². The second-order valence-electron chi connectivity index (χ2n) is 6.45. The maximum Gasteiger partial charge on any atom is 0.330 e. The fourth-order valence-electron chi connectivity index (χ4n) is 2.63. The fraction of sp³-hybridized carbons (Fsp3) is 0.389. The molecule has 0 unspecified atom stereocenters. The molecule has 27 heavy (non-hydrogen) atoms. The van der Waals surface area contributed by atoms with Crippen LogP contribution in [-0.2, 0) is 11.3 Å². The van der Waals surface area contributed by atoms with Crippen LogP contribution in [0.4, 0.5) is 15.9 Å². The summed E-state index contributed by atoms with van der Waals surface area (Å²) in [6.45, 7) is 4.22. The van der Waals surface area contributed by atoms with Gasteiger partial charge in [-0.1, -0.05) is 13.8 Å². The molecule has 3 N–H and O–H groups in total. The van der Waals surface area contributed by atoms with E-state index in [1.54, 1.807) is 0 Å². The summed E-state index contributed by atoms with van der Waals surface area (Å²) < 4.78 is 19.4. The maximum atomic E-state index is 13.2. The average molecular weight is 378 g/mol. The van der Waals surface area contributed by atoms with Gasteiger partial charge in [-0.25, -0.2) is 9.18 Å².